The molecule has 0 spiro atoms. The summed E-state index contributed by atoms with van der Waals surface area (Å²) in [6.45, 7) is 3.45. The van der Waals surface area contributed by atoms with Crippen LogP contribution in [0.5, 0.6) is 5.75 Å². The van der Waals surface area contributed by atoms with Gasteiger partial charge in [-0.15, -0.1) is 0 Å². The van der Waals surface area contributed by atoms with Crippen LogP contribution >= 0.6 is 11.6 Å². The van der Waals surface area contributed by atoms with E-state index in [0.29, 0.717) is 16.5 Å². The van der Waals surface area contributed by atoms with Gasteiger partial charge in [-0.1, -0.05) is 17.7 Å². The molecule has 0 radical (unpaired) electrons. The van der Waals surface area contributed by atoms with Crippen LogP contribution in [0.25, 0.3) is 0 Å². The van der Waals surface area contributed by atoms with Crippen molar-refractivity contribution < 1.29 is 13.9 Å². The minimum absolute atomic E-state index is 0.349. The number of ether oxygens (including phenoxy) is 1. The van der Waals surface area contributed by atoms with Crippen molar-refractivity contribution in [3.05, 3.63) is 53.3 Å². The van der Waals surface area contributed by atoms with Gasteiger partial charge < -0.3 is 15.0 Å². The lowest BCUT2D eigenvalue weighted by atomic mass is 10.2. The first-order valence-electron chi connectivity index (χ1n) is 8.30. The molecule has 1 aliphatic heterocycles. The molecule has 1 aliphatic rings. The number of benzene rings is 2. The second kappa shape index (κ2) is 7.74. The van der Waals surface area contributed by atoms with Gasteiger partial charge in [0.05, 0.1) is 0 Å². The zero-order chi connectivity index (χ0) is 17.8. The van der Waals surface area contributed by atoms with E-state index in [4.69, 9.17) is 16.3 Å². The van der Waals surface area contributed by atoms with Gasteiger partial charge in [-0.25, -0.2) is 4.39 Å². The van der Waals surface area contributed by atoms with Gasteiger partial charge in [0.1, 0.15) is 11.6 Å². The van der Waals surface area contributed by atoms with Crippen molar-refractivity contribution in [3.63, 3.8) is 0 Å². The summed E-state index contributed by atoms with van der Waals surface area (Å²) in [7, 11) is 0. The molecule has 25 heavy (non-hydrogen) atoms. The van der Waals surface area contributed by atoms with Crippen LogP contribution in [0.15, 0.2) is 42.5 Å². The summed E-state index contributed by atoms with van der Waals surface area (Å²) in [4.78, 5) is 14.5. The molecule has 3 rings (SSSR count). The molecule has 132 valence electrons. The van der Waals surface area contributed by atoms with Crippen molar-refractivity contribution >= 4 is 28.9 Å². The van der Waals surface area contributed by atoms with Crippen LogP contribution in [-0.2, 0) is 4.79 Å². The molecule has 0 aromatic heterocycles. The van der Waals surface area contributed by atoms with Gasteiger partial charge in [0, 0.05) is 29.5 Å². The lowest BCUT2D eigenvalue weighted by molar-refractivity contribution is -0.122. The van der Waals surface area contributed by atoms with Crippen molar-refractivity contribution in [2.24, 2.45) is 0 Å². The third-order valence-corrected chi connectivity index (χ3v) is 4.33. The van der Waals surface area contributed by atoms with Crippen LogP contribution in [0.1, 0.15) is 19.8 Å². The van der Waals surface area contributed by atoms with E-state index in [1.54, 1.807) is 37.3 Å². The molecule has 0 aliphatic carbocycles. The highest BCUT2D eigenvalue weighted by Gasteiger charge is 2.18. The predicted octanol–water partition coefficient (Wildman–Crippen LogP) is 4.49. The van der Waals surface area contributed by atoms with Crippen LogP contribution in [0.3, 0.4) is 0 Å². The summed E-state index contributed by atoms with van der Waals surface area (Å²) in [6, 6.07) is 11.4. The summed E-state index contributed by atoms with van der Waals surface area (Å²) >= 11 is 5.91. The second-order valence-corrected chi connectivity index (χ2v) is 6.54. The van der Waals surface area contributed by atoms with E-state index in [-0.39, 0.29) is 11.7 Å². The van der Waals surface area contributed by atoms with Crippen LogP contribution in [0.4, 0.5) is 15.8 Å². The van der Waals surface area contributed by atoms with Crippen molar-refractivity contribution in [2.75, 3.05) is 23.3 Å². The number of hydrogen-bond donors (Lipinski definition) is 1. The van der Waals surface area contributed by atoms with E-state index >= 15 is 0 Å². The average molecular weight is 363 g/mol. The van der Waals surface area contributed by atoms with Crippen molar-refractivity contribution in [1.82, 2.24) is 0 Å². The van der Waals surface area contributed by atoms with Gasteiger partial charge in [-0.2, -0.15) is 0 Å². The molecular formula is C19H20ClFN2O2. The number of carbonyl (C=O) groups is 1. The maximum atomic E-state index is 13.9. The lowest BCUT2D eigenvalue weighted by Gasteiger charge is -2.19. The van der Waals surface area contributed by atoms with Gasteiger partial charge in [0.2, 0.25) is 0 Å². The molecule has 1 atom stereocenters. The van der Waals surface area contributed by atoms with Crippen molar-refractivity contribution in [3.8, 4) is 5.75 Å². The Kier molecular flexibility index (Phi) is 5.43. The van der Waals surface area contributed by atoms with Gasteiger partial charge in [-0.05, 0) is 56.2 Å². The summed E-state index contributed by atoms with van der Waals surface area (Å²) < 4.78 is 19.5. The van der Waals surface area contributed by atoms with Crippen LogP contribution in [0.2, 0.25) is 5.02 Å². The summed E-state index contributed by atoms with van der Waals surface area (Å²) in [5, 5.41) is 3.25. The lowest BCUT2D eigenvalue weighted by Crippen LogP contribution is -2.30. The molecule has 0 saturated carbocycles. The van der Waals surface area contributed by atoms with Crippen LogP contribution in [0, 0.1) is 5.82 Å². The standard InChI is InChI=1S/C19H20ClFN2O2/c1-13(25-18-6-4-5-14(20)9-18)19(24)22-16-10-15(21)11-17(12-16)23-7-2-3-8-23/h4-6,9-13H,2-3,7-8H2,1H3,(H,22,24). The summed E-state index contributed by atoms with van der Waals surface area (Å²) in [5.41, 5.74) is 1.21. The number of hydrogen-bond acceptors (Lipinski definition) is 3. The smallest absolute Gasteiger partial charge is 0.265 e. The molecule has 1 saturated heterocycles. The van der Waals surface area contributed by atoms with Gasteiger partial charge in [0.15, 0.2) is 6.10 Å². The third-order valence-electron chi connectivity index (χ3n) is 4.10. The first-order chi connectivity index (χ1) is 12.0. The van der Waals surface area contributed by atoms with Crippen molar-refractivity contribution in [1.29, 1.82) is 0 Å². The van der Waals surface area contributed by atoms with Gasteiger partial charge in [0.25, 0.3) is 5.91 Å². The fourth-order valence-corrected chi connectivity index (χ4v) is 3.03. The Labute approximate surface area is 151 Å². The molecule has 0 bridgehead atoms. The molecular weight excluding hydrogens is 343 g/mol. The zero-order valence-electron chi connectivity index (χ0n) is 14.0. The Morgan fingerprint density at radius 3 is 2.72 bits per heavy atom. The predicted molar refractivity (Wildman–Crippen MR) is 98.0 cm³/mol. The Bertz CT molecular complexity index is 763. The normalized spacial score (nSPS) is 15.1. The molecule has 1 fully saturated rings. The zero-order valence-corrected chi connectivity index (χ0v) is 14.7. The fraction of sp³-hybridized carbons (Fsp3) is 0.316. The number of amides is 1. The Hall–Kier alpha value is -2.27. The Balaban J connectivity index is 1.67. The number of nitrogens with one attached hydrogen (secondary N) is 1. The first-order valence-corrected chi connectivity index (χ1v) is 8.68. The average Bonchev–Trinajstić information content (AvgIpc) is 3.08. The Morgan fingerprint density at radius 2 is 2.00 bits per heavy atom. The van der Waals surface area contributed by atoms with E-state index < -0.39 is 6.10 Å². The third kappa shape index (κ3) is 4.63. The largest absolute Gasteiger partial charge is 0.481 e. The Morgan fingerprint density at radius 1 is 1.24 bits per heavy atom. The highest BCUT2D eigenvalue weighted by Crippen LogP contribution is 2.25. The molecule has 1 unspecified atom stereocenters. The van der Waals surface area contributed by atoms with E-state index in [1.807, 2.05) is 0 Å². The minimum atomic E-state index is -0.739. The first kappa shape index (κ1) is 17.5. The number of carbonyl (C=O) groups excluding carboxylic acids is 1. The highest BCUT2D eigenvalue weighted by atomic mass is 35.5. The highest BCUT2D eigenvalue weighted by molar-refractivity contribution is 6.30. The van der Waals surface area contributed by atoms with E-state index in [9.17, 15) is 9.18 Å². The van der Waals surface area contributed by atoms with E-state index in [1.165, 1.54) is 12.1 Å². The number of halogens is 2. The second-order valence-electron chi connectivity index (χ2n) is 6.10. The van der Waals surface area contributed by atoms with E-state index in [2.05, 4.69) is 10.2 Å². The van der Waals surface area contributed by atoms with Crippen LogP contribution in [-0.4, -0.2) is 25.1 Å². The number of nitrogens with zero attached hydrogens (tertiary/aromatic N) is 1. The quantitative estimate of drug-likeness (QED) is 0.852. The molecule has 1 heterocycles. The van der Waals surface area contributed by atoms with Crippen LogP contribution < -0.4 is 15.0 Å². The van der Waals surface area contributed by atoms with Gasteiger partial charge in [-0.3, -0.25) is 4.79 Å². The SMILES string of the molecule is CC(Oc1cccc(Cl)c1)C(=O)Nc1cc(F)cc(N2CCCC2)c1. The number of anilines is 2. The molecule has 6 heteroatoms. The monoisotopic (exact) mass is 362 g/mol. The fourth-order valence-electron chi connectivity index (χ4n) is 2.85. The van der Waals surface area contributed by atoms with E-state index in [0.717, 1.165) is 31.6 Å². The van der Waals surface area contributed by atoms with Gasteiger partial charge >= 0.3 is 0 Å². The molecule has 4 nitrogen and oxygen atoms in total. The summed E-state index contributed by atoms with van der Waals surface area (Å²) in [6.07, 6.45) is 1.46. The maximum Gasteiger partial charge on any atom is 0.265 e. The van der Waals surface area contributed by atoms with Crippen molar-refractivity contribution in [2.45, 2.75) is 25.9 Å². The molecule has 1 amide bonds. The molecule has 1 N–H and O–H groups in total. The molecule has 2 aromatic carbocycles. The summed E-state index contributed by atoms with van der Waals surface area (Å²) in [5.74, 6) is -0.215. The topological polar surface area (TPSA) is 41.6 Å². The molecule has 2 aromatic rings. The maximum absolute atomic E-state index is 13.9. The minimum Gasteiger partial charge on any atom is -0.481 e. The number of rotatable bonds is 5.